The van der Waals surface area contributed by atoms with Crippen LogP contribution in [-0.2, 0) is 9.59 Å². The first-order chi connectivity index (χ1) is 5.58. The predicted molar refractivity (Wildman–Crippen MR) is 48.7 cm³/mol. The highest BCUT2D eigenvalue weighted by Gasteiger charge is 2.14. The van der Waals surface area contributed by atoms with Crippen molar-refractivity contribution in [2.45, 2.75) is 13.8 Å². The average Bonchev–Trinajstić information content (AvgIpc) is 2.13. The number of hydrogen-bond donors (Lipinski definition) is 0. The molecule has 0 saturated heterocycles. The highest BCUT2D eigenvalue weighted by atomic mass is 16.1. The van der Waals surface area contributed by atoms with Gasteiger partial charge in [-0.3, -0.25) is 0 Å². The molecular formula is C10H14O2. The van der Waals surface area contributed by atoms with Gasteiger partial charge >= 0.3 is 0 Å². The van der Waals surface area contributed by atoms with Crippen LogP contribution in [0.3, 0.4) is 0 Å². The maximum absolute atomic E-state index is 10.5. The molecule has 0 spiro atoms. The standard InChI is InChI=1S/C10H14O2/c1-4-10(3,8-12)6-5-9(2)7-11/h4-9H,1H2,2-3H3. The first kappa shape index (κ1) is 10.8. The van der Waals surface area contributed by atoms with Crippen molar-refractivity contribution in [1.29, 1.82) is 0 Å². The maximum atomic E-state index is 10.5. The van der Waals surface area contributed by atoms with Crippen LogP contribution in [0, 0.1) is 11.3 Å². The lowest BCUT2D eigenvalue weighted by Crippen LogP contribution is -2.10. The zero-order chi connectivity index (χ0) is 9.61. The average molecular weight is 166 g/mol. The summed E-state index contributed by atoms with van der Waals surface area (Å²) in [6.45, 7) is 7.04. The summed E-state index contributed by atoms with van der Waals surface area (Å²) < 4.78 is 0. The highest BCUT2D eigenvalue weighted by molar-refractivity contribution is 5.66. The van der Waals surface area contributed by atoms with Gasteiger partial charge in [-0.15, -0.1) is 6.58 Å². The smallest absolute Gasteiger partial charge is 0.133 e. The molecule has 0 rings (SSSR count). The second-order valence-corrected chi connectivity index (χ2v) is 3.04. The Morgan fingerprint density at radius 2 is 2.00 bits per heavy atom. The Balaban J connectivity index is 4.38. The Hall–Kier alpha value is -1.18. The molecule has 2 nitrogen and oxygen atoms in total. The number of rotatable bonds is 5. The van der Waals surface area contributed by atoms with Crippen LogP contribution in [0.15, 0.2) is 24.8 Å². The molecule has 0 amide bonds. The van der Waals surface area contributed by atoms with Crippen molar-refractivity contribution >= 4 is 12.6 Å². The molecule has 2 atom stereocenters. The number of carbonyl (C=O) groups excluding carboxylic acids is 2. The topological polar surface area (TPSA) is 34.1 Å². The van der Waals surface area contributed by atoms with E-state index in [0.717, 1.165) is 12.6 Å². The van der Waals surface area contributed by atoms with Gasteiger partial charge in [-0.25, -0.2) is 0 Å². The maximum Gasteiger partial charge on any atom is 0.133 e. The van der Waals surface area contributed by atoms with Crippen LogP contribution < -0.4 is 0 Å². The van der Waals surface area contributed by atoms with Crippen molar-refractivity contribution in [3.8, 4) is 0 Å². The fourth-order valence-corrected chi connectivity index (χ4v) is 0.560. The molecule has 0 radical (unpaired) electrons. The minimum atomic E-state index is -0.642. The molecule has 0 aromatic carbocycles. The van der Waals surface area contributed by atoms with Crippen LogP contribution in [0.2, 0.25) is 0 Å². The first-order valence-corrected chi connectivity index (χ1v) is 3.82. The lowest BCUT2D eigenvalue weighted by Gasteiger charge is -2.11. The summed E-state index contributed by atoms with van der Waals surface area (Å²) in [7, 11) is 0. The van der Waals surface area contributed by atoms with Gasteiger partial charge < -0.3 is 9.59 Å². The van der Waals surface area contributed by atoms with E-state index in [9.17, 15) is 9.59 Å². The van der Waals surface area contributed by atoms with E-state index in [1.54, 1.807) is 32.1 Å². The molecule has 0 aliphatic heterocycles. The molecule has 0 saturated carbocycles. The summed E-state index contributed by atoms with van der Waals surface area (Å²) in [6, 6.07) is 0. The van der Waals surface area contributed by atoms with Gasteiger partial charge in [0.2, 0.25) is 0 Å². The normalized spacial score (nSPS) is 18.2. The molecule has 0 aromatic rings. The van der Waals surface area contributed by atoms with E-state index in [1.807, 2.05) is 0 Å². The van der Waals surface area contributed by atoms with E-state index in [1.165, 1.54) is 0 Å². The Morgan fingerprint density at radius 1 is 1.42 bits per heavy atom. The summed E-state index contributed by atoms with van der Waals surface area (Å²) in [5, 5.41) is 0. The van der Waals surface area contributed by atoms with Crippen molar-refractivity contribution < 1.29 is 9.59 Å². The lowest BCUT2D eigenvalue weighted by molar-refractivity contribution is -0.112. The van der Waals surface area contributed by atoms with E-state index < -0.39 is 5.41 Å². The molecule has 0 aromatic heterocycles. The zero-order valence-electron chi connectivity index (χ0n) is 7.49. The number of allylic oxidation sites excluding steroid dienone is 3. The van der Waals surface area contributed by atoms with Gasteiger partial charge in [0.25, 0.3) is 0 Å². The summed E-state index contributed by atoms with van der Waals surface area (Å²) in [5.74, 6) is -0.149. The predicted octanol–water partition coefficient (Wildman–Crippen LogP) is 1.77. The molecule has 12 heavy (non-hydrogen) atoms. The Labute approximate surface area is 73.0 Å². The van der Waals surface area contributed by atoms with Gasteiger partial charge in [0.15, 0.2) is 0 Å². The molecular weight excluding hydrogens is 152 g/mol. The van der Waals surface area contributed by atoms with Crippen LogP contribution in [0.5, 0.6) is 0 Å². The van der Waals surface area contributed by atoms with Gasteiger partial charge in [0, 0.05) is 5.92 Å². The van der Waals surface area contributed by atoms with Crippen molar-refractivity contribution in [2.24, 2.45) is 11.3 Å². The second-order valence-electron chi connectivity index (χ2n) is 3.04. The van der Waals surface area contributed by atoms with Gasteiger partial charge in [-0.05, 0) is 6.92 Å². The quantitative estimate of drug-likeness (QED) is 0.460. The van der Waals surface area contributed by atoms with Crippen LogP contribution in [0.25, 0.3) is 0 Å². The third-order valence-corrected chi connectivity index (χ3v) is 1.67. The van der Waals surface area contributed by atoms with Crippen molar-refractivity contribution in [1.82, 2.24) is 0 Å². The number of hydrogen-bond acceptors (Lipinski definition) is 2. The van der Waals surface area contributed by atoms with Crippen LogP contribution in [0.1, 0.15) is 13.8 Å². The van der Waals surface area contributed by atoms with Gasteiger partial charge in [0.05, 0.1) is 5.41 Å². The molecule has 2 heteroatoms. The summed E-state index contributed by atoms with van der Waals surface area (Å²) >= 11 is 0. The summed E-state index contributed by atoms with van der Waals surface area (Å²) in [6.07, 6.45) is 6.56. The van der Waals surface area contributed by atoms with Gasteiger partial charge in [0.1, 0.15) is 12.6 Å². The minimum absolute atomic E-state index is 0.149. The van der Waals surface area contributed by atoms with Gasteiger partial charge in [-0.1, -0.05) is 25.2 Å². The fraction of sp³-hybridized carbons (Fsp3) is 0.400. The Bertz CT molecular complexity index is 196. The van der Waals surface area contributed by atoms with E-state index in [2.05, 4.69) is 6.58 Å². The van der Waals surface area contributed by atoms with Crippen molar-refractivity contribution in [3.05, 3.63) is 24.8 Å². The molecule has 0 fully saturated rings. The summed E-state index contributed by atoms with van der Waals surface area (Å²) in [5.41, 5.74) is -0.642. The molecule has 66 valence electrons. The largest absolute Gasteiger partial charge is 0.303 e. The molecule has 0 N–H and O–H groups in total. The van der Waals surface area contributed by atoms with E-state index in [4.69, 9.17) is 0 Å². The minimum Gasteiger partial charge on any atom is -0.303 e. The summed E-state index contributed by atoms with van der Waals surface area (Å²) in [4.78, 5) is 20.8. The fourth-order valence-electron chi connectivity index (χ4n) is 0.560. The molecule has 0 bridgehead atoms. The molecule has 0 heterocycles. The van der Waals surface area contributed by atoms with Crippen molar-refractivity contribution in [3.63, 3.8) is 0 Å². The molecule has 0 aliphatic rings. The Kier molecular flexibility index (Phi) is 4.19. The van der Waals surface area contributed by atoms with E-state index >= 15 is 0 Å². The first-order valence-electron chi connectivity index (χ1n) is 3.82. The lowest BCUT2D eigenvalue weighted by atomic mass is 9.91. The number of aldehydes is 2. The monoisotopic (exact) mass is 166 g/mol. The van der Waals surface area contributed by atoms with Gasteiger partial charge in [-0.2, -0.15) is 0 Å². The van der Waals surface area contributed by atoms with Crippen LogP contribution >= 0.6 is 0 Å². The Morgan fingerprint density at radius 3 is 2.33 bits per heavy atom. The third-order valence-electron chi connectivity index (χ3n) is 1.67. The van der Waals surface area contributed by atoms with Crippen LogP contribution in [-0.4, -0.2) is 12.6 Å². The number of carbonyl (C=O) groups is 2. The van der Waals surface area contributed by atoms with Crippen LogP contribution in [0.4, 0.5) is 0 Å². The second kappa shape index (κ2) is 4.65. The molecule has 0 aliphatic carbocycles. The SMILES string of the molecule is C=CC(C)(C=O)C=CC(C)C=O. The zero-order valence-corrected chi connectivity index (χ0v) is 7.49. The third kappa shape index (κ3) is 3.28. The highest BCUT2D eigenvalue weighted by Crippen LogP contribution is 2.16. The van der Waals surface area contributed by atoms with E-state index in [-0.39, 0.29) is 5.92 Å². The molecule has 2 unspecified atom stereocenters. The van der Waals surface area contributed by atoms with Crippen molar-refractivity contribution in [2.75, 3.05) is 0 Å². The van der Waals surface area contributed by atoms with E-state index in [0.29, 0.717) is 0 Å².